The van der Waals surface area contributed by atoms with Gasteiger partial charge in [0.25, 0.3) is 0 Å². The van der Waals surface area contributed by atoms with Crippen LogP contribution in [0.4, 0.5) is 0 Å². The van der Waals surface area contributed by atoms with Crippen molar-refractivity contribution in [3.63, 3.8) is 0 Å². The average molecular weight is 396 g/mol. The Morgan fingerprint density at radius 2 is 1.68 bits per heavy atom. The first kappa shape index (κ1) is 19.4. The Morgan fingerprint density at radius 3 is 2.36 bits per heavy atom. The van der Waals surface area contributed by atoms with Crippen LogP contribution in [0.2, 0.25) is 0 Å². The second kappa shape index (κ2) is 7.82. The Hall–Kier alpha value is -1.94. The van der Waals surface area contributed by atoms with Gasteiger partial charge in [0.15, 0.2) is 0 Å². The van der Waals surface area contributed by atoms with E-state index in [9.17, 15) is 4.21 Å². The number of hydrogen-bond acceptors (Lipinski definition) is 2. The lowest BCUT2D eigenvalue weighted by molar-refractivity contribution is 0.305. The topological polar surface area (TPSA) is 38.7 Å². The number of rotatable bonds is 4. The maximum Gasteiger partial charge on any atom is 0.144 e. The fourth-order valence-electron chi connectivity index (χ4n) is 4.18. The van der Waals surface area contributed by atoms with Crippen molar-refractivity contribution in [3.05, 3.63) is 65.2 Å². The van der Waals surface area contributed by atoms with Crippen molar-refractivity contribution < 1.29 is 8.95 Å². The molecule has 2 aliphatic rings. The van der Waals surface area contributed by atoms with Crippen LogP contribution in [-0.4, -0.2) is 14.7 Å². The molecule has 3 nitrogen and oxygen atoms in total. The number of fused-ring (bicyclic) bond motifs is 3. The summed E-state index contributed by atoms with van der Waals surface area (Å²) in [5.74, 6) is 1.78. The van der Waals surface area contributed by atoms with E-state index in [0.29, 0.717) is 18.4 Å². The van der Waals surface area contributed by atoms with Gasteiger partial charge in [-0.05, 0) is 75.3 Å². The lowest BCUT2D eigenvalue weighted by Crippen LogP contribution is -2.24. The normalized spacial score (nSPS) is 23.9. The molecule has 2 bridgehead atoms. The van der Waals surface area contributed by atoms with Crippen molar-refractivity contribution in [2.75, 3.05) is 0 Å². The molecule has 2 aliphatic carbocycles. The van der Waals surface area contributed by atoms with Crippen LogP contribution in [0.3, 0.4) is 0 Å². The van der Waals surface area contributed by atoms with Gasteiger partial charge in [-0.15, -0.1) is 0 Å². The molecule has 0 saturated heterocycles. The molecular formula is C24H29NO2S. The van der Waals surface area contributed by atoms with E-state index in [-0.39, 0.29) is 4.75 Å². The van der Waals surface area contributed by atoms with Crippen molar-refractivity contribution in [2.24, 2.45) is 16.2 Å². The van der Waals surface area contributed by atoms with E-state index in [1.54, 1.807) is 0 Å². The number of ether oxygens (including phenoxy) is 1. The highest BCUT2D eigenvalue weighted by Gasteiger charge is 2.37. The third-order valence-corrected chi connectivity index (χ3v) is 7.20. The van der Waals surface area contributed by atoms with E-state index >= 15 is 0 Å². The smallest absolute Gasteiger partial charge is 0.144 e. The number of nitrogens with zero attached hydrogens (tertiary/aromatic N) is 1. The third kappa shape index (κ3) is 4.22. The highest BCUT2D eigenvalue weighted by molar-refractivity contribution is 7.85. The Morgan fingerprint density at radius 1 is 1.00 bits per heavy atom. The molecule has 3 unspecified atom stereocenters. The predicted octanol–water partition coefficient (Wildman–Crippen LogP) is 5.29. The Balaban J connectivity index is 1.53. The lowest BCUT2D eigenvalue weighted by atomic mass is 9.93. The van der Waals surface area contributed by atoms with Crippen molar-refractivity contribution in [2.45, 2.75) is 57.8 Å². The minimum atomic E-state index is -1.17. The minimum absolute atomic E-state index is 0.302. The maximum absolute atomic E-state index is 12.6. The van der Waals surface area contributed by atoms with Gasteiger partial charge in [0.2, 0.25) is 0 Å². The van der Waals surface area contributed by atoms with Gasteiger partial charge in [-0.1, -0.05) is 36.4 Å². The molecule has 0 amide bonds. The summed E-state index contributed by atoms with van der Waals surface area (Å²) in [7, 11) is -1.17. The van der Waals surface area contributed by atoms with Gasteiger partial charge in [-0.2, -0.15) is 4.40 Å². The van der Waals surface area contributed by atoms with E-state index in [1.165, 1.54) is 22.4 Å². The van der Waals surface area contributed by atoms with Crippen LogP contribution in [0, 0.1) is 11.8 Å². The van der Waals surface area contributed by atoms with Gasteiger partial charge in [0.1, 0.15) is 23.3 Å². The molecule has 0 radical (unpaired) electrons. The lowest BCUT2D eigenvalue weighted by Gasteiger charge is -2.17. The summed E-state index contributed by atoms with van der Waals surface area (Å²) in [6, 6.07) is 16.8. The molecule has 148 valence electrons. The van der Waals surface area contributed by atoms with E-state index in [4.69, 9.17) is 9.13 Å². The zero-order valence-corrected chi connectivity index (χ0v) is 17.8. The molecule has 4 heteroatoms. The largest absolute Gasteiger partial charge is 0.489 e. The second-order valence-electron chi connectivity index (χ2n) is 8.96. The third-order valence-electron chi connectivity index (χ3n) is 5.77. The summed E-state index contributed by atoms with van der Waals surface area (Å²) in [5, 5.41) is 0. The SMILES string of the molecule is CC(C)(C)S(=O)N=C1C2CCC1Cc1cc(OCc3ccccc3)ccc1C2. The van der Waals surface area contributed by atoms with Crippen LogP contribution >= 0.6 is 0 Å². The molecule has 0 heterocycles. The second-order valence-corrected chi connectivity index (χ2v) is 10.9. The molecule has 28 heavy (non-hydrogen) atoms. The van der Waals surface area contributed by atoms with Gasteiger partial charge in [-0.25, -0.2) is 4.21 Å². The van der Waals surface area contributed by atoms with Gasteiger partial charge >= 0.3 is 0 Å². The fraction of sp³-hybridized carbons (Fsp3) is 0.458. The fourth-order valence-corrected chi connectivity index (χ4v) is 4.94. The highest BCUT2D eigenvalue weighted by atomic mass is 32.2. The first-order chi connectivity index (χ1) is 13.4. The summed E-state index contributed by atoms with van der Waals surface area (Å²) >= 11 is 0. The molecule has 2 aromatic carbocycles. The molecule has 0 spiro atoms. The molecule has 2 aromatic rings. The van der Waals surface area contributed by atoms with Gasteiger partial charge in [0, 0.05) is 17.5 Å². The molecule has 3 atom stereocenters. The van der Waals surface area contributed by atoms with Crippen LogP contribution in [0.25, 0.3) is 0 Å². The molecule has 0 aliphatic heterocycles. The van der Waals surface area contributed by atoms with Crippen LogP contribution in [-0.2, 0) is 30.4 Å². The summed E-state index contributed by atoms with van der Waals surface area (Å²) in [4.78, 5) is 0. The number of benzene rings is 2. The van der Waals surface area contributed by atoms with Gasteiger partial charge in [-0.3, -0.25) is 0 Å². The quantitative estimate of drug-likeness (QED) is 0.705. The van der Waals surface area contributed by atoms with E-state index < -0.39 is 11.0 Å². The molecule has 1 saturated carbocycles. The minimum Gasteiger partial charge on any atom is -0.489 e. The summed E-state index contributed by atoms with van der Waals surface area (Å²) in [6.45, 7) is 6.58. The van der Waals surface area contributed by atoms with Gasteiger partial charge < -0.3 is 4.74 Å². The van der Waals surface area contributed by atoms with E-state index in [1.807, 2.05) is 39.0 Å². The molecule has 1 fully saturated rings. The van der Waals surface area contributed by atoms with Crippen molar-refractivity contribution >= 4 is 16.7 Å². The standard InChI is InChI=1S/C24H29NO2S/c1-24(2,3)28(26)25-23-19-9-10-20(23)14-21-15-22(12-11-18(21)13-19)27-16-17-7-5-4-6-8-17/h4-8,11-12,15,19-20H,9-10,13-14,16H2,1-3H3. The van der Waals surface area contributed by atoms with Crippen LogP contribution < -0.4 is 4.74 Å². The highest BCUT2D eigenvalue weighted by Crippen LogP contribution is 2.39. The predicted molar refractivity (Wildman–Crippen MR) is 116 cm³/mol. The monoisotopic (exact) mass is 395 g/mol. The summed E-state index contributed by atoms with van der Waals surface area (Å²) < 4.78 is 23.1. The molecule has 0 N–H and O–H groups in total. The van der Waals surface area contributed by atoms with Crippen molar-refractivity contribution in [1.82, 2.24) is 0 Å². The molecule has 0 aromatic heterocycles. The van der Waals surface area contributed by atoms with E-state index in [0.717, 1.165) is 31.4 Å². The van der Waals surface area contributed by atoms with Crippen molar-refractivity contribution in [3.8, 4) is 5.75 Å². The average Bonchev–Trinajstić information content (AvgIpc) is 2.94. The zero-order valence-electron chi connectivity index (χ0n) is 17.0. The number of hydrogen-bond donors (Lipinski definition) is 0. The summed E-state index contributed by atoms with van der Waals surface area (Å²) in [6.07, 6.45) is 4.30. The molecule has 4 rings (SSSR count). The van der Waals surface area contributed by atoms with Crippen LogP contribution in [0.15, 0.2) is 52.9 Å². The maximum atomic E-state index is 12.6. The van der Waals surface area contributed by atoms with Crippen LogP contribution in [0.1, 0.15) is 50.3 Å². The summed E-state index contributed by atoms with van der Waals surface area (Å²) in [5.41, 5.74) is 5.13. The zero-order chi connectivity index (χ0) is 19.7. The van der Waals surface area contributed by atoms with Gasteiger partial charge in [0.05, 0.1) is 4.75 Å². The Labute approximate surface area is 170 Å². The first-order valence-corrected chi connectivity index (χ1v) is 11.3. The first-order valence-electron chi connectivity index (χ1n) is 10.2. The van der Waals surface area contributed by atoms with E-state index in [2.05, 4.69) is 30.3 Å². The van der Waals surface area contributed by atoms with Crippen molar-refractivity contribution in [1.29, 1.82) is 0 Å². The van der Waals surface area contributed by atoms with Crippen LogP contribution in [0.5, 0.6) is 5.75 Å². The molecular weight excluding hydrogens is 366 g/mol. The Bertz CT molecular complexity index is 899. The Kier molecular flexibility index (Phi) is 5.42.